The Morgan fingerprint density at radius 2 is 1.84 bits per heavy atom. The zero-order valence-corrected chi connectivity index (χ0v) is 9.64. The zero-order chi connectivity index (χ0) is 14.0. The van der Waals surface area contributed by atoms with Crippen LogP contribution in [0.2, 0.25) is 0 Å². The van der Waals surface area contributed by atoms with Gasteiger partial charge in [-0.1, -0.05) is 0 Å². The van der Waals surface area contributed by atoms with Crippen LogP contribution in [0.15, 0.2) is 18.5 Å². The molecule has 3 nitrogen and oxygen atoms in total. The van der Waals surface area contributed by atoms with Crippen LogP contribution in [0.25, 0.3) is 11.0 Å². The van der Waals surface area contributed by atoms with Crippen LogP contribution in [0.3, 0.4) is 0 Å². The predicted molar refractivity (Wildman–Crippen MR) is 58.6 cm³/mol. The maximum atomic E-state index is 13.1. The molecule has 0 fully saturated rings. The standard InChI is InChI=1S/C11H10F5N3/c12-7-3-9-10(4-8(7)13)19(6-18-9)2-1-17-5-11(14,15)16/h3-4,6,17H,1-2,5H2. The van der Waals surface area contributed by atoms with E-state index in [2.05, 4.69) is 10.3 Å². The number of imidazole rings is 1. The lowest BCUT2D eigenvalue weighted by Gasteiger charge is -2.09. The van der Waals surface area contributed by atoms with E-state index in [0.29, 0.717) is 5.52 Å². The summed E-state index contributed by atoms with van der Waals surface area (Å²) in [6.45, 7) is -0.871. The molecule has 0 bridgehead atoms. The molecule has 0 aliphatic carbocycles. The van der Waals surface area contributed by atoms with Crippen LogP contribution in [-0.4, -0.2) is 28.8 Å². The maximum absolute atomic E-state index is 13.1. The molecule has 0 aliphatic heterocycles. The van der Waals surface area contributed by atoms with Crippen molar-refractivity contribution in [1.82, 2.24) is 14.9 Å². The maximum Gasteiger partial charge on any atom is 0.401 e. The van der Waals surface area contributed by atoms with Crippen molar-refractivity contribution in [1.29, 1.82) is 0 Å². The van der Waals surface area contributed by atoms with E-state index in [-0.39, 0.29) is 18.6 Å². The molecule has 2 aromatic rings. The van der Waals surface area contributed by atoms with Crippen molar-refractivity contribution in [2.24, 2.45) is 0 Å². The molecule has 1 aromatic carbocycles. The van der Waals surface area contributed by atoms with E-state index in [0.717, 1.165) is 12.1 Å². The zero-order valence-electron chi connectivity index (χ0n) is 9.64. The second-order valence-electron chi connectivity index (χ2n) is 3.98. The number of nitrogens with one attached hydrogen (secondary N) is 1. The molecule has 8 heteroatoms. The van der Waals surface area contributed by atoms with Crippen molar-refractivity contribution in [2.45, 2.75) is 12.7 Å². The molecule has 104 valence electrons. The van der Waals surface area contributed by atoms with Gasteiger partial charge in [0.05, 0.1) is 23.9 Å². The third-order valence-corrected chi connectivity index (χ3v) is 2.52. The smallest absolute Gasteiger partial charge is 0.329 e. The average Bonchev–Trinajstić information content (AvgIpc) is 2.67. The lowest BCUT2D eigenvalue weighted by atomic mass is 10.3. The highest BCUT2D eigenvalue weighted by molar-refractivity contribution is 5.75. The largest absolute Gasteiger partial charge is 0.401 e. The van der Waals surface area contributed by atoms with Gasteiger partial charge in [-0.25, -0.2) is 13.8 Å². The average molecular weight is 279 g/mol. The van der Waals surface area contributed by atoms with Gasteiger partial charge in [0.2, 0.25) is 0 Å². The molecule has 0 aliphatic rings. The van der Waals surface area contributed by atoms with Crippen molar-refractivity contribution < 1.29 is 22.0 Å². The first-order valence-electron chi connectivity index (χ1n) is 5.44. The molecular weight excluding hydrogens is 269 g/mol. The second kappa shape index (κ2) is 5.12. The van der Waals surface area contributed by atoms with Gasteiger partial charge >= 0.3 is 6.18 Å². The fourth-order valence-corrected chi connectivity index (χ4v) is 1.66. The number of benzene rings is 1. The second-order valence-corrected chi connectivity index (χ2v) is 3.98. The van der Waals surface area contributed by atoms with Gasteiger partial charge in [0.15, 0.2) is 11.6 Å². The van der Waals surface area contributed by atoms with Gasteiger partial charge < -0.3 is 9.88 Å². The Morgan fingerprint density at radius 3 is 2.53 bits per heavy atom. The third kappa shape index (κ3) is 3.40. The Morgan fingerprint density at radius 1 is 1.16 bits per heavy atom. The van der Waals surface area contributed by atoms with Gasteiger partial charge in [-0.15, -0.1) is 0 Å². The van der Waals surface area contributed by atoms with E-state index in [1.807, 2.05) is 0 Å². The summed E-state index contributed by atoms with van der Waals surface area (Å²) in [5.74, 6) is -2.02. The molecule has 0 radical (unpaired) electrons. The monoisotopic (exact) mass is 279 g/mol. The van der Waals surface area contributed by atoms with Gasteiger partial charge in [-0.3, -0.25) is 0 Å². The molecular formula is C11H10F5N3. The Hall–Kier alpha value is -1.70. The van der Waals surface area contributed by atoms with Crippen molar-refractivity contribution in [3.05, 3.63) is 30.1 Å². The summed E-state index contributed by atoms with van der Waals surface area (Å²) in [7, 11) is 0. The minimum atomic E-state index is -4.27. The Balaban J connectivity index is 2.03. The number of rotatable bonds is 4. The lowest BCUT2D eigenvalue weighted by molar-refractivity contribution is -0.124. The van der Waals surface area contributed by atoms with Gasteiger partial charge in [0.25, 0.3) is 0 Å². The van der Waals surface area contributed by atoms with E-state index in [9.17, 15) is 22.0 Å². The van der Waals surface area contributed by atoms with E-state index in [1.54, 1.807) is 0 Å². The summed E-state index contributed by atoms with van der Waals surface area (Å²) >= 11 is 0. The molecule has 2 rings (SSSR count). The lowest BCUT2D eigenvalue weighted by Crippen LogP contribution is -2.31. The van der Waals surface area contributed by atoms with Gasteiger partial charge in [0, 0.05) is 25.2 Å². The quantitative estimate of drug-likeness (QED) is 0.688. The molecule has 0 atom stereocenters. The minimum Gasteiger partial charge on any atom is -0.329 e. The predicted octanol–water partition coefficient (Wildman–Crippen LogP) is 2.47. The first-order valence-corrected chi connectivity index (χ1v) is 5.44. The number of nitrogens with zero attached hydrogens (tertiary/aromatic N) is 2. The molecule has 19 heavy (non-hydrogen) atoms. The van der Waals surface area contributed by atoms with Crippen LogP contribution in [0.4, 0.5) is 22.0 Å². The van der Waals surface area contributed by atoms with Crippen molar-refractivity contribution in [3.63, 3.8) is 0 Å². The Kier molecular flexibility index (Phi) is 3.70. The van der Waals surface area contributed by atoms with E-state index >= 15 is 0 Å². The Labute approximate surface area is 105 Å². The number of aromatic nitrogens is 2. The van der Waals surface area contributed by atoms with Crippen molar-refractivity contribution in [3.8, 4) is 0 Å². The van der Waals surface area contributed by atoms with Crippen LogP contribution in [0.1, 0.15) is 0 Å². The van der Waals surface area contributed by atoms with Crippen LogP contribution >= 0.6 is 0 Å². The van der Waals surface area contributed by atoms with E-state index in [1.165, 1.54) is 10.9 Å². The van der Waals surface area contributed by atoms with Gasteiger partial charge in [0.1, 0.15) is 0 Å². The van der Waals surface area contributed by atoms with Crippen molar-refractivity contribution in [2.75, 3.05) is 13.1 Å². The molecule has 0 spiro atoms. The molecule has 1 N–H and O–H groups in total. The summed E-state index contributed by atoms with van der Waals surface area (Å²) < 4.78 is 63.2. The van der Waals surface area contributed by atoms with Crippen LogP contribution in [0, 0.1) is 11.6 Å². The van der Waals surface area contributed by atoms with E-state index < -0.39 is 24.4 Å². The molecule has 0 saturated carbocycles. The van der Waals surface area contributed by atoms with Crippen LogP contribution in [0.5, 0.6) is 0 Å². The van der Waals surface area contributed by atoms with E-state index in [4.69, 9.17) is 0 Å². The number of alkyl halides is 3. The summed E-state index contributed by atoms with van der Waals surface area (Å²) in [5.41, 5.74) is 0.599. The highest BCUT2D eigenvalue weighted by Crippen LogP contribution is 2.17. The summed E-state index contributed by atoms with van der Waals surface area (Å²) in [6, 6.07) is 1.92. The first kappa shape index (κ1) is 13.7. The van der Waals surface area contributed by atoms with Crippen LogP contribution < -0.4 is 5.32 Å². The molecule has 0 saturated heterocycles. The molecule has 1 aromatic heterocycles. The van der Waals surface area contributed by atoms with Crippen LogP contribution in [-0.2, 0) is 6.54 Å². The molecule has 0 amide bonds. The van der Waals surface area contributed by atoms with Crippen molar-refractivity contribution >= 4 is 11.0 Å². The summed E-state index contributed by atoms with van der Waals surface area (Å²) in [4.78, 5) is 3.85. The topological polar surface area (TPSA) is 29.9 Å². The first-order chi connectivity index (χ1) is 8.87. The summed E-state index contributed by atoms with van der Waals surface area (Å²) in [6.07, 6.45) is -2.94. The SMILES string of the molecule is Fc1cc2ncn(CCNCC(F)(F)F)c2cc1F. The number of fused-ring (bicyclic) bond motifs is 1. The Bertz CT molecular complexity index is 575. The molecule has 1 heterocycles. The number of halogens is 5. The number of hydrogen-bond acceptors (Lipinski definition) is 2. The molecule has 0 unspecified atom stereocenters. The highest BCUT2D eigenvalue weighted by atomic mass is 19.4. The highest BCUT2D eigenvalue weighted by Gasteiger charge is 2.25. The van der Waals surface area contributed by atoms with Gasteiger partial charge in [-0.05, 0) is 0 Å². The fourth-order valence-electron chi connectivity index (χ4n) is 1.66. The third-order valence-electron chi connectivity index (χ3n) is 2.52. The van der Waals surface area contributed by atoms with Gasteiger partial charge in [-0.2, -0.15) is 13.2 Å². The minimum absolute atomic E-state index is 0.0456. The summed E-state index contributed by atoms with van der Waals surface area (Å²) in [5, 5.41) is 2.21. The normalized spacial score (nSPS) is 12.3. The fraction of sp³-hybridized carbons (Fsp3) is 0.364. The number of hydrogen-bond donors (Lipinski definition) is 1.